The van der Waals surface area contributed by atoms with E-state index in [9.17, 15) is 14.0 Å². The second kappa shape index (κ2) is 6.37. The summed E-state index contributed by atoms with van der Waals surface area (Å²) in [6.07, 6.45) is 0.947. The van der Waals surface area contributed by atoms with Crippen LogP contribution >= 0.6 is 11.6 Å². The van der Waals surface area contributed by atoms with Gasteiger partial charge < -0.3 is 0 Å². The number of hydrogen-bond acceptors (Lipinski definition) is 4. The van der Waals surface area contributed by atoms with Crippen LogP contribution in [0.25, 0.3) is 0 Å². The molecule has 28 heavy (non-hydrogen) atoms. The zero-order chi connectivity index (χ0) is 19.6. The van der Waals surface area contributed by atoms with Gasteiger partial charge in [-0.2, -0.15) is 0 Å². The van der Waals surface area contributed by atoms with Crippen LogP contribution in [0.1, 0.15) is 23.6 Å². The monoisotopic (exact) mass is 399 g/mol. The van der Waals surface area contributed by atoms with Gasteiger partial charge in [-0.25, -0.2) is 19.3 Å². The summed E-state index contributed by atoms with van der Waals surface area (Å²) in [5.41, 5.74) is 2.40. The summed E-state index contributed by atoms with van der Waals surface area (Å²) in [5, 5.41) is 4.16. The van der Waals surface area contributed by atoms with Gasteiger partial charge in [0, 0.05) is 13.1 Å². The maximum Gasteiger partial charge on any atom is 0.253 e. The lowest BCUT2D eigenvalue weighted by atomic mass is 9.89. The normalized spacial score (nSPS) is 27.5. The van der Waals surface area contributed by atoms with E-state index in [1.165, 1.54) is 12.1 Å². The highest BCUT2D eigenvalue weighted by atomic mass is 35.5. The van der Waals surface area contributed by atoms with Crippen molar-refractivity contribution in [3.05, 3.63) is 64.4 Å². The topological polar surface area (TPSA) is 43.9 Å². The molecule has 5 rings (SSSR count). The zero-order valence-corrected chi connectivity index (χ0v) is 16.1. The van der Waals surface area contributed by atoms with Crippen molar-refractivity contribution in [3.8, 4) is 0 Å². The largest absolute Gasteiger partial charge is 0.274 e. The lowest BCUT2D eigenvalue weighted by molar-refractivity contribution is -0.126. The number of carbonyl (C=O) groups is 2. The van der Waals surface area contributed by atoms with Gasteiger partial charge >= 0.3 is 0 Å². The lowest BCUT2D eigenvalue weighted by Gasteiger charge is -2.29. The average molecular weight is 400 g/mol. The molecule has 0 aliphatic carbocycles. The Morgan fingerprint density at radius 2 is 1.64 bits per heavy atom. The van der Waals surface area contributed by atoms with Crippen molar-refractivity contribution < 1.29 is 14.0 Å². The first-order chi connectivity index (χ1) is 13.5. The number of carbonyl (C=O) groups excluding carboxylic acids is 2. The number of aryl methyl sites for hydroxylation is 1. The first-order valence-corrected chi connectivity index (χ1v) is 9.78. The Balaban J connectivity index is 1.58. The van der Waals surface area contributed by atoms with Crippen LogP contribution in [0.4, 0.5) is 10.1 Å². The van der Waals surface area contributed by atoms with Crippen LogP contribution in [0.5, 0.6) is 0 Å². The first kappa shape index (κ1) is 17.8. The number of imide groups is 1. The number of hydrazine groups is 1. The molecule has 0 saturated carbocycles. The molecule has 0 radical (unpaired) electrons. The van der Waals surface area contributed by atoms with Gasteiger partial charge in [-0.15, -0.1) is 0 Å². The summed E-state index contributed by atoms with van der Waals surface area (Å²) in [6, 6.07) is 11.4. The summed E-state index contributed by atoms with van der Waals surface area (Å²) in [7, 11) is 0. The number of halogens is 2. The highest BCUT2D eigenvalue weighted by molar-refractivity contribution is 6.31. The maximum atomic E-state index is 14.0. The molecule has 3 heterocycles. The number of rotatable bonds is 2. The Bertz CT molecular complexity index is 980. The molecule has 0 aromatic heterocycles. The lowest BCUT2D eigenvalue weighted by Crippen LogP contribution is -2.44. The predicted octanol–water partition coefficient (Wildman–Crippen LogP) is 3.32. The fourth-order valence-electron chi connectivity index (χ4n) is 4.76. The number of nitrogens with zero attached hydrogens (tertiary/aromatic N) is 3. The van der Waals surface area contributed by atoms with Gasteiger partial charge in [-0.3, -0.25) is 9.59 Å². The second-order valence-electron chi connectivity index (χ2n) is 7.62. The van der Waals surface area contributed by atoms with E-state index in [1.54, 1.807) is 0 Å². The van der Waals surface area contributed by atoms with Crippen LogP contribution in [-0.4, -0.2) is 41.0 Å². The van der Waals surface area contributed by atoms with E-state index in [-0.39, 0.29) is 28.6 Å². The van der Waals surface area contributed by atoms with Crippen molar-refractivity contribution in [1.82, 2.24) is 10.0 Å². The van der Waals surface area contributed by atoms with E-state index in [4.69, 9.17) is 11.6 Å². The third-order valence-corrected chi connectivity index (χ3v) is 6.29. The maximum absolute atomic E-state index is 14.0. The molecule has 3 fully saturated rings. The van der Waals surface area contributed by atoms with Gasteiger partial charge in [-0.1, -0.05) is 41.4 Å². The molecule has 144 valence electrons. The van der Waals surface area contributed by atoms with E-state index in [0.29, 0.717) is 0 Å². The molecule has 7 heteroatoms. The summed E-state index contributed by atoms with van der Waals surface area (Å²) in [5.74, 6) is -1.72. The number of anilines is 1. The fraction of sp³-hybridized carbons (Fsp3) is 0.333. The Hall–Kier alpha value is -2.28. The quantitative estimate of drug-likeness (QED) is 0.727. The van der Waals surface area contributed by atoms with Crippen molar-refractivity contribution in [2.45, 2.75) is 25.4 Å². The van der Waals surface area contributed by atoms with Crippen LogP contribution in [-0.2, 0) is 9.59 Å². The van der Waals surface area contributed by atoms with Crippen molar-refractivity contribution in [1.29, 1.82) is 0 Å². The van der Waals surface area contributed by atoms with E-state index >= 15 is 0 Å². The molecule has 3 atom stereocenters. The van der Waals surface area contributed by atoms with Crippen molar-refractivity contribution in [2.24, 2.45) is 5.92 Å². The molecular formula is C21H19ClFN3O2. The van der Waals surface area contributed by atoms with E-state index in [1.807, 2.05) is 36.2 Å². The molecule has 0 bridgehead atoms. The number of hydrogen-bond donors (Lipinski definition) is 0. The van der Waals surface area contributed by atoms with E-state index in [2.05, 4.69) is 5.01 Å². The van der Waals surface area contributed by atoms with Gasteiger partial charge in [0.1, 0.15) is 11.9 Å². The first-order valence-electron chi connectivity index (χ1n) is 9.40. The average Bonchev–Trinajstić information content (AvgIpc) is 3.31. The second-order valence-corrected chi connectivity index (χ2v) is 8.02. The van der Waals surface area contributed by atoms with Gasteiger partial charge in [-0.05, 0) is 37.1 Å². The third kappa shape index (κ3) is 2.45. The Morgan fingerprint density at radius 3 is 2.32 bits per heavy atom. The van der Waals surface area contributed by atoms with Gasteiger partial charge in [0.15, 0.2) is 0 Å². The summed E-state index contributed by atoms with van der Waals surface area (Å²) < 4.78 is 14.0. The number of amides is 2. The molecule has 5 nitrogen and oxygen atoms in total. The molecule has 0 spiro atoms. The van der Waals surface area contributed by atoms with Gasteiger partial charge in [0.2, 0.25) is 5.91 Å². The molecule has 3 aliphatic heterocycles. The predicted molar refractivity (Wildman–Crippen MR) is 103 cm³/mol. The van der Waals surface area contributed by atoms with Crippen LogP contribution in [0.2, 0.25) is 5.02 Å². The minimum absolute atomic E-state index is 0.0358. The molecule has 3 aliphatic rings. The van der Waals surface area contributed by atoms with Crippen LogP contribution in [0.15, 0.2) is 42.5 Å². The van der Waals surface area contributed by atoms with Crippen LogP contribution in [0.3, 0.4) is 0 Å². The fourth-order valence-corrected chi connectivity index (χ4v) is 4.87. The Kier molecular flexibility index (Phi) is 4.05. The zero-order valence-electron chi connectivity index (χ0n) is 15.3. The molecule has 2 amide bonds. The SMILES string of the molecule is Cc1ccc([C@H]2[C@H]3C(=O)N(c4ccc(Cl)c(F)c4)C(=O)[C@@H]3N3CCCN23)cc1. The third-order valence-electron chi connectivity index (χ3n) is 5.99. The van der Waals surface area contributed by atoms with Gasteiger partial charge in [0.05, 0.1) is 22.7 Å². The minimum atomic E-state index is -0.644. The Labute approximate surface area is 167 Å². The van der Waals surface area contributed by atoms with Crippen molar-refractivity contribution >= 4 is 29.1 Å². The number of fused-ring (bicyclic) bond motifs is 3. The van der Waals surface area contributed by atoms with E-state index in [0.717, 1.165) is 41.6 Å². The Morgan fingerprint density at radius 1 is 0.964 bits per heavy atom. The van der Waals surface area contributed by atoms with Crippen molar-refractivity contribution in [2.75, 3.05) is 18.0 Å². The molecule has 3 saturated heterocycles. The smallest absolute Gasteiger partial charge is 0.253 e. The highest BCUT2D eigenvalue weighted by Crippen LogP contribution is 2.49. The molecule has 2 aromatic carbocycles. The van der Waals surface area contributed by atoms with Crippen LogP contribution < -0.4 is 4.90 Å². The van der Waals surface area contributed by atoms with Crippen LogP contribution in [0, 0.1) is 18.7 Å². The summed E-state index contributed by atoms with van der Waals surface area (Å²) in [4.78, 5) is 27.8. The molecular weight excluding hydrogens is 381 g/mol. The standard InChI is InChI=1S/C21H19ClFN3O2/c1-12-3-5-13(6-4-12)18-17-19(25-10-2-9-24(18)25)21(28)26(20(17)27)14-7-8-15(22)16(23)11-14/h3-8,11,17-19H,2,9-10H2,1H3/t17-,18+,19-/m1/s1. The molecule has 0 N–H and O–H groups in total. The summed E-state index contributed by atoms with van der Waals surface area (Å²) in [6.45, 7) is 3.58. The molecule has 2 aromatic rings. The van der Waals surface area contributed by atoms with Crippen molar-refractivity contribution in [3.63, 3.8) is 0 Å². The highest BCUT2D eigenvalue weighted by Gasteiger charge is 2.62. The van der Waals surface area contributed by atoms with Gasteiger partial charge in [0.25, 0.3) is 5.91 Å². The number of benzene rings is 2. The summed E-state index contributed by atoms with van der Waals surface area (Å²) >= 11 is 5.77. The van der Waals surface area contributed by atoms with E-state index < -0.39 is 17.8 Å². The minimum Gasteiger partial charge on any atom is -0.274 e. The molecule has 0 unspecified atom stereocenters.